The summed E-state index contributed by atoms with van der Waals surface area (Å²) in [7, 11) is 0. The van der Waals surface area contributed by atoms with Crippen molar-refractivity contribution in [3.8, 4) is 0 Å². The zero-order valence-corrected chi connectivity index (χ0v) is 19.1. The monoisotopic (exact) mass is 487 g/mol. The van der Waals surface area contributed by atoms with Crippen molar-refractivity contribution in [3.63, 3.8) is 0 Å². The molecule has 1 aliphatic rings. The normalized spacial score (nSPS) is 15.7. The van der Waals surface area contributed by atoms with Crippen LogP contribution < -0.4 is 10.2 Å². The van der Waals surface area contributed by atoms with Crippen LogP contribution in [0, 0.1) is 0 Å². The highest BCUT2D eigenvalue weighted by Crippen LogP contribution is 2.42. The third-order valence-electron chi connectivity index (χ3n) is 5.60. The number of nitrogens with zero attached hydrogens (tertiary/aromatic N) is 2. The highest BCUT2D eigenvalue weighted by molar-refractivity contribution is 6.31. The minimum Gasteiger partial charge on any atom is -0.503 e. The summed E-state index contributed by atoms with van der Waals surface area (Å²) in [6.45, 7) is 1.37. The van der Waals surface area contributed by atoms with E-state index in [1.54, 1.807) is 60.8 Å². The van der Waals surface area contributed by atoms with E-state index < -0.39 is 23.5 Å². The third kappa shape index (κ3) is 4.04. The Morgan fingerprint density at radius 1 is 1.11 bits per heavy atom. The zero-order chi connectivity index (χ0) is 24.7. The van der Waals surface area contributed by atoms with E-state index in [-0.39, 0.29) is 17.2 Å². The summed E-state index contributed by atoms with van der Waals surface area (Å²) in [6.07, 6.45) is 3.09. The smallest absolute Gasteiger partial charge is 0.294 e. The van der Waals surface area contributed by atoms with Crippen LogP contribution in [0.5, 0.6) is 0 Å². The van der Waals surface area contributed by atoms with Crippen molar-refractivity contribution < 1.29 is 23.9 Å². The molecule has 9 heteroatoms. The molecule has 2 N–H and O–H groups in total. The number of Topliss-reactive ketones (excluding diaryl/α,β-unsaturated/α-hetero) is 1. The van der Waals surface area contributed by atoms with Gasteiger partial charge in [0, 0.05) is 41.1 Å². The summed E-state index contributed by atoms with van der Waals surface area (Å²) in [5.41, 5.74) is 1.65. The molecule has 174 valence electrons. The predicted octanol–water partition coefficient (Wildman–Crippen LogP) is 5.22. The number of aromatic nitrogens is 1. The largest absolute Gasteiger partial charge is 0.503 e. The van der Waals surface area contributed by atoms with Gasteiger partial charge in [0.2, 0.25) is 11.7 Å². The second-order valence-electron chi connectivity index (χ2n) is 7.98. The summed E-state index contributed by atoms with van der Waals surface area (Å²) in [5.74, 6) is -2.41. The summed E-state index contributed by atoms with van der Waals surface area (Å²) >= 11 is 6.05. The Hall–Kier alpha value is -4.43. The average Bonchev–Trinajstić information content (AvgIpc) is 3.37. The summed E-state index contributed by atoms with van der Waals surface area (Å²) in [5, 5.41) is 14.7. The van der Waals surface area contributed by atoms with Gasteiger partial charge in [-0.15, -0.1) is 0 Å². The molecule has 5 rings (SSSR count). The van der Waals surface area contributed by atoms with Crippen LogP contribution in [0.4, 0.5) is 11.4 Å². The zero-order valence-electron chi connectivity index (χ0n) is 18.4. The van der Waals surface area contributed by atoms with Gasteiger partial charge in [-0.3, -0.25) is 24.3 Å². The molecule has 0 bridgehead atoms. The number of fused-ring (bicyclic) bond motifs is 1. The van der Waals surface area contributed by atoms with E-state index in [1.807, 2.05) is 0 Å². The lowest BCUT2D eigenvalue weighted by molar-refractivity contribution is -0.117. The number of rotatable bonds is 5. The standard InChI is InChI=1S/C26H18ClN3O5/c1-14(31)29-18-5-2-6-19(12-18)30-23(15-4-3-9-28-13-15)22(25(33)26(30)34)24(32)21-11-16-10-17(27)7-8-20(16)35-21/h2-13,23,33H,1H3,(H,29,31). The first-order chi connectivity index (χ1) is 16.8. The molecule has 2 aromatic carbocycles. The molecule has 35 heavy (non-hydrogen) atoms. The van der Waals surface area contributed by atoms with Gasteiger partial charge in [0.15, 0.2) is 11.5 Å². The van der Waals surface area contributed by atoms with Gasteiger partial charge < -0.3 is 14.8 Å². The molecule has 1 aliphatic heterocycles. The van der Waals surface area contributed by atoms with Gasteiger partial charge in [0.25, 0.3) is 5.91 Å². The van der Waals surface area contributed by atoms with E-state index in [4.69, 9.17) is 16.0 Å². The first kappa shape index (κ1) is 22.4. The highest BCUT2D eigenvalue weighted by atomic mass is 35.5. The maximum atomic E-state index is 13.6. The van der Waals surface area contributed by atoms with Crippen LogP contribution in [0.3, 0.4) is 0 Å². The van der Waals surface area contributed by atoms with Gasteiger partial charge in [-0.1, -0.05) is 23.7 Å². The average molecular weight is 488 g/mol. The van der Waals surface area contributed by atoms with Gasteiger partial charge in [-0.2, -0.15) is 0 Å². The minimum absolute atomic E-state index is 0.0423. The van der Waals surface area contributed by atoms with Crippen LogP contribution >= 0.6 is 11.6 Å². The topological polar surface area (TPSA) is 113 Å². The van der Waals surface area contributed by atoms with Crippen molar-refractivity contribution >= 4 is 51.5 Å². The number of furan rings is 1. The quantitative estimate of drug-likeness (QED) is 0.373. The number of benzene rings is 2. The second-order valence-corrected chi connectivity index (χ2v) is 8.42. The molecule has 8 nitrogen and oxygen atoms in total. The Bertz CT molecular complexity index is 1530. The number of anilines is 2. The number of carbonyl (C=O) groups is 3. The number of carbonyl (C=O) groups excluding carboxylic acids is 3. The van der Waals surface area contributed by atoms with Crippen molar-refractivity contribution in [3.05, 3.63) is 101 Å². The number of hydrogen-bond donors (Lipinski definition) is 2. The van der Waals surface area contributed by atoms with E-state index in [0.29, 0.717) is 32.9 Å². The van der Waals surface area contributed by atoms with Crippen LogP contribution in [0.25, 0.3) is 11.0 Å². The molecule has 2 amide bonds. The first-order valence-corrected chi connectivity index (χ1v) is 11.0. The molecule has 0 aliphatic carbocycles. The molecular weight excluding hydrogens is 470 g/mol. The highest BCUT2D eigenvalue weighted by Gasteiger charge is 2.45. The number of nitrogens with one attached hydrogen (secondary N) is 1. The van der Waals surface area contributed by atoms with Gasteiger partial charge >= 0.3 is 0 Å². The molecule has 1 atom stereocenters. The van der Waals surface area contributed by atoms with Crippen LogP contribution in [0.15, 0.2) is 88.8 Å². The van der Waals surface area contributed by atoms with E-state index in [0.717, 1.165) is 0 Å². The van der Waals surface area contributed by atoms with E-state index >= 15 is 0 Å². The number of aliphatic hydroxyl groups is 1. The van der Waals surface area contributed by atoms with Crippen molar-refractivity contribution in [1.82, 2.24) is 4.98 Å². The Kier molecular flexibility index (Phi) is 5.58. The second kappa shape index (κ2) is 8.73. The van der Waals surface area contributed by atoms with Gasteiger partial charge in [-0.25, -0.2) is 0 Å². The molecule has 2 aromatic heterocycles. The van der Waals surface area contributed by atoms with Crippen LogP contribution in [0.2, 0.25) is 5.02 Å². The molecular formula is C26H18ClN3O5. The number of hydrogen-bond acceptors (Lipinski definition) is 6. The van der Waals surface area contributed by atoms with Gasteiger partial charge in [-0.05, 0) is 54.1 Å². The third-order valence-corrected chi connectivity index (χ3v) is 5.83. The molecule has 1 unspecified atom stereocenters. The van der Waals surface area contributed by atoms with Crippen LogP contribution in [-0.2, 0) is 9.59 Å². The molecule has 0 spiro atoms. The molecule has 0 fully saturated rings. The number of pyridine rings is 1. The predicted molar refractivity (Wildman–Crippen MR) is 130 cm³/mol. The summed E-state index contributed by atoms with van der Waals surface area (Å²) in [6, 6.07) is 15.4. The molecule has 0 radical (unpaired) electrons. The summed E-state index contributed by atoms with van der Waals surface area (Å²) in [4.78, 5) is 43.9. The van der Waals surface area contributed by atoms with E-state index in [9.17, 15) is 19.5 Å². The van der Waals surface area contributed by atoms with Crippen molar-refractivity contribution in [1.29, 1.82) is 0 Å². The fourth-order valence-corrected chi connectivity index (χ4v) is 4.33. The Balaban J connectivity index is 1.63. The maximum Gasteiger partial charge on any atom is 0.294 e. The van der Waals surface area contributed by atoms with Crippen molar-refractivity contribution in [2.75, 3.05) is 10.2 Å². The van der Waals surface area contributed by atoms with Crippen molar-refractivity contribution in [2.45, 2.75) is 13.0 Å². The number of ketones is 1. The molecule has 4 aromatic rings. The first-order valence-electron chi connectivity index (χ1n) is 10.6. The van der Waals surface area contributed by atoms with Crippen molar-refractivity contribution in [2.24, 2.45) is 0 Å². The Morgan fingerprint density at radius 3 is 2.69 bits per heavy atom. The fraction of sp³-hybridized carbons (Fsp3) is 0.0769. The van der Waals surface area contributed by atoms with E-state index in [2.05, 4.69) is 10.3 Å². The number of halogens is 1. The SMILES string of the molecule is CC(=O)Nc1cccc(N2C(=O)C(O)=C(C(=O)c3cc4cc(Cl)ccc4o3)C2c2cccnc2)c1. The maximum absolute atomic E-state index is 13.6. The van der Waals surface area contributed by atoms with Crippen LogP contribution in [0.1, 0.15) is 29.1 Å². The Labute approximate surface area is 204 Å². The Morgan fingerprint density at radius 2 is 1.94 bits per heavy atom. The number of amides is 2. The molecule has 0 saturated heterocycles. The molecule has 0 saturated carbocycles. The van der Waals surface area contributed by atoms with Gasteiger partial charge in [0.1, 0.15) is 5.58 Å². The fourth-order valence-electron chi connectivity index (χ4n) is 4.15. The lowest BCUT2D eigenvalue weighted by Crippen LogP contribution is -2.31. The lowest BCUT2D eigenvalue weighted by Gasteiger charge is -2.26. The van der Waals surface area contributed by atoms with E-state index in [1.165, 1.54) is 24.1 Å². The van der Waals surface area contributed by atoms with Crippen LogP contribution in [-0.4, -0.2) is 27.7 Å². The summed E-state index contributed by atoms with van der Waals surface area (Å²) < 4.78 is 5.72. The van der Waals surface area contributed by atoms with Gasteiger partial charge in [0.05, 0.1) is 11.6 Å². The minimum atomic E-state index is -0.979. The lowest BCUT2D eigenvalue weighted by atomic mass is 9.96. The number of aliphatic hydroxyl groups excluding tert-OH is 1. The molecule has 3 heterocycles.